The lowest BCUT2D eigenvalue weighted by atomic mass is 10.2. The molecular weight excluding hydrogens is 248 g/mol. The minimum absolute atomic E-state index is 0.590. The van der Waals surface area contributed by atoms with Crippen molar-refractivity contribution in [3.8, 4) is 6.07 Å². The molecule has 0 atom stereocenters. The van der Waals surface area contributed by atoms with E-state index in [0.717, 1.165) is 45.0 Å². The molecule has 0 radical (unpaired) electrons. The second-order valence-corrected chi connectivity index (χ2v) is 4.73. The molecule has 0 aliphatic carbocycles. The van der Waals surface area contributed by atoms with Crippen LogP contribution in [0.4, 0.5) is 5.69 Å². The average Bonchev–Trinajstić information content (AvgIpc) is 2.42. The number of piperazine rings is 1. The second kappa shape index (κ2) is 6.60. The molecule has 1 aliphatic heterocycles. The van der Waals surface area contributed by atoms with Crippen molar-refractivity contribution in [1.82, 2.24) is 10.2 Å². The van der Waals surface area contributed by atoms with E-state index in [1.807, 2.05) is 6.07 Å². The summed E-state index contributed by atoms with van der Waals surface area (Å²) < 4.78 is 0. The second-order valence-electron chi connectivity index (χ2n) is 4.32. The van der Waals surface area contributed by atoms with Gasteiger partial charge in [-0.3, -0.25) is 4.90 Å². The highest BCUT2D eigenvalue weighted by atomic mass is 35.5. The van der Waals surface area contributed by atoms with Crippen molar-refractivity contribution in [2.24, 2.45) is 0 Å². The van der Waals surface area contributed by atoms with Crippen LogP contribution in [0.3, 0.4) is 0 Å². The Morgan fingerprint density at radius 1 is 1.39 bits per heavy atom. The number of anilines is 1. The Labute approximate surface area is 113 Å². The van der Waals surface area contributed by atoms with Gasteiger partial charge in [-0.15, -0.1) is 0 Å². The van der Waals surface area contributed by atoms with Gasteiger partial charge in [-0.25, -0.2) is 0 Å². The van der Waals surface area contributed by atoms with Crippen LogP contribution in [-0.2, 0) is 0 Å². The Hall–Kier alpha value is -1.28. The summed E-state index contributed by atoms with van der Waals surface area (Å²) in [7, 11) is 0. The fraction of sp³-hybridized carbons (Fsp3) is 0.462. The van der Waals surface area contributed by atoms with Crippen molar-refractivity contribution < 1.29 is 0 Å². The molecule has 4 nitrogen and oxygen atoms in total. The highest BCUT2D eigenvalue weighted by Crippen LogP contribution is 2.22. The molecule has 96 valence electrons. The van der Waals surface area contributed by atoms with Gasteiger partial charge in [-0.2, -0.15) is 5.26 Å². The van der Waals surface area contributed by atoms with E-state index in [1.165, 1.54) is 0 Å². The maximum absolute atomic E-state index is 8.76. The Bertz CT molecular complexity index is 435. The molecule has 0 saturated carbocycles. The van der Waals surface area contributed by atoms with Crippen molar-refractivity contribution in [1.29, 1.82) is 5.26 Å². The fourth-order valence-electron chi connectivity index (χ4n) is 2.01. The minimum Gasteiger partial charge on any atom is -0.383 e. The van der Waals surface area contributed by atoms with Crippen LogP contribution in [0.5, 0.6) is 0 Å². The molecule has 1 saturated heterocycles. The van der Waals surface area contributed by atoms with Crippen LogP contribution < -0.4 is 10.6 Å². The molecule has 1 heterocycles. The maximum Gasteiger partial charge on any atom is 0.0992 e. The molecule has 5 heteroatoms. The van der Waals surface area contributed by atoms with E-state index in [0.29, 0.717) is 10.6 Å². The van der Waals surface area contributed by atoms with Gasteiger partial charge in [-0.05, 0) is 18.2 Å². The monoisotopic (exact) mass is 264 g/mol. The SMILES string of the molecule is N#Cc1ccc(NCCN2CCNCC2)c(Cl)c1. The van der Waals surface area contributed by atoms with E-state index in [-0.39, 0.29) is 0 Å². The molecule has 0 amide bonds. The third-order valence-electron chi connectivity index (χ3n) is 3.05. The molecule has 1 fully saturated rings. The molecule has 2 N–H and O–H groups in total. The molecule has 1 aliphatic rings. The van der Waals surface area contributed by atoms with Crippen molar-refractivity contribution >= 4 is 17.3 Å². The van der Waals surface area contributed by atoms with Gasteiger partial charge >= 0.3 is 0 Å². The molecule has 0 bridgehead atoms. The van der Waals surface area contributed by atoms with E-state index in [1.54, 1.807) is 12.1 Å². The largest absolute Gasteiger partial charge is 0.383 e. The van der Waals surface area contributed by atoms with Crippen LogP contribution in [0, 0.1) is 11.3 Å². The minimum atomic E-state index is 0.590. The van der Waals surface area contributed by atoms with Crippen molar-refractivity contribution in [2.75, 3.05) is 44.6 Å². The number of rotatable bonds is 4. The van der Waals surface area contributed by atoms with Crippen LogP contribution in [0.25, 0.3) is 0 Å². The Morgan fingerprint density at radius 2 is 2.17 bits per heavy atom. The molecule has 2 rings (SSSR count). The number of hydrogen-bond donors (Lipinski definition) is 2. The number of hydrogen-bond acceptors (Lipinski definition) is 4. The Morgan fingerprint density at radius 3 is 2.83 bits per heavy atom. The summed E-state index contributed by atoms with van der Waals surface area (Å²) in [6.07, 6.45) is 0. The maximum atomic E-state index is 8.76. The lowest BCUT2D eigenvalue weighted by Crippen LogP contribution is -2.45. The zero-order chi connectivity index (χ0) is 12.8. The number of halogens is 1. The normalized spacial score (nSPS) is 16.2. The molecule has 0 unspecified atom stereocenters. The Balaban J connectivity index is 1.81. The van der Waals surface area contributed by atoms with Crippen molar-refractivity contribution in [3.05, 3.63) is 28.8 Å². The molecule has 1 aromatic carbocycles. The zero-order valence-corrected chi connectivity index (χ0v) is 11.0. The first-order valence-corrected chi connectivity index (χ1v) is 6.54. The average molecular weight is 265 g/mol. The number of nitrogens with one attached hydrogen (secondary N) is 2. The molecule has 0 aromatic heterocycles. The number of nitrogens with zero attached hydrogens (tertiary/aromatic N) is 2. The number of nitriles is 1. The quantitative estimate of drug-likeness (QED) is 0.866. The third-order valence-corrected chi connectivity index (χ3v) is 3.36. The lowest BCUT2D eigenvalue weighted by molar-refractivity contribution is 0.249. The predicted molar refractivity (Wildman–Crippen MR) is 74.0 cm³/mol. The van der Waals surface area contributed by atoms with Crippen molar-refractivity contribution in [2.45, 2.75) is 0 Å². The summed E-state index contributed by atoms with van der Waals surface area (Å²) >= 11 is 6.09. The summed E-state index contributed by atoms with van der Waals surface area (Å²) in [5.74, 6) is 0. The van der Waals surface area contributed by atoms with E-state index in [9.17, 15) is 0 Å². The topological polar surface area (TPSA) is 51.1 Å². The lowest BCUT2D eigenvalue weighted by Gasteiger charge is -2.27. The first kappa shape index (κ1) is 13.2. The molecule has 18 heavy (non-hydrogen) atoms. The van der Waals surface area contributed by atoms with E-state index >= 15 is 0 Å². The van der Waals surface area contributed by atoms with Crippen LogP contribution in [0.1, 0.15) is 5.56 Å². The predicted octanol–water partition coefficient (Wildman–Crippen LogP) is 1.53. The van der Waals surface area contributed by atoms with E-state index < -0.39 is 0 Å². The van der Waals surface area contributed by atoms with Crippen LogP contribution >= 0.6 is 11.6 Å². The summed E-state index contributed by atoms with van der Waals surface area (Å²) in [5, 5.41) is 16.0. The van der Waals surface area contributed by atoms with Crippen LogP contribution in [-0.4, -0.2) is 44.2 Å². The van der Waals surface area contributed by atoms with Gasteiger partial charge in [-0.1, -0.05) is 11.6 Å². The van der Waals surface area contributed by atoms with Gasteiger partial charge in [0.2, 0.25) is 0 Å². The van der Waals surface area contributed by atoms with Gasteiger partial charge in [0.15, 0.2) is 0 Å². The highest BCUT2D eigenvalue weighted by Gasteiger charge is 2.08. The van der Waals surface area contributed by atoms with Crippen molar-refractivity contribution in [3.63, 3.8) is 0 Å². The third kappa shape index (κ3) is 3.61. The summed E-state index contributed by atoms with van der Waals surface area (Å²) in [5.41, 5.74) is 1.48. The van der Waals surface area contributed by atoms with Gasteiger partial charge in [0.25, 0.3) is 0 Å². The van der Waals surface area contributed by atoms with Gasteiger partial charge < -0.3 is 10.6 Å². The van der Waals surface area contributed by atoms with Crippen LogP contribution in [0.15, 0.2) is 18.2 Å². The van der Waals surface area contributed by atoms with Gasteiger partial charge in [0, 0.05) is 39.3 Å². The Kier molecular flexibility index (Phi) is 4.82. The fourth-order valence-corrected chi connectivity index (χ4v) is 2.26. The first-order chi connectivity index (χ1) is 8.79. The van der Waals surface area contributed by atoms with Gasteiger partial charge in [0.1, 0.15) is 0 Å². The molecule has 0 spiro atoms. The van der Waals surface area contributed by atoms with Gasteiger partial charge in [0.05, 0.1) is 22.3 Å². The molecule has 1 aromatic rings. The summed E-state index contributed by atoms with van der Waals surface area (Å²) in [6, 6.07) is 7.40. The van der Waals surface area contributed by atoms with Crippen LogP contribution in [0.2, 0.25) is 5.02 Å². The van der Waals surface area contributed by atoms with E-state index in [2.05, 4.69) is 21.6 Å². The smallest absolute Gasteiger partial charge is 0.0992 e. The highest BCUT2D eigenvalue weighted by molar-refractivity contribution is 6.33. The molecular formula is C13H17ClN4. The summed E-state index contributed by atoms with van der Waals surface area (Å²) in [4.78, 5) is 2.42. The zero-order valence-electron chi connectivity index (χ0n) is 10.2. The number of benzene rings is 1. The summed E-state index contributed by atoms with van der Waals surface area (Å²) in [6.45, 7) is 6.21. The standard InChI is InChI=1S/C13H17ClN4/c14-12-9-11(10-15)1-2-13(12)17-5-8-18-6-3-16-4-7-18/h1-2,9,16-17H,3-8H2. The first-order valence-electron chi connectivity index (χ1n) is 6.16. The van der Waals surface area contributed by atoms with E-state index in [4.69, 9.17) is 16.9 Å².